The zero-order valence-electron chi connectivity index (χ0n) is 14.3. The Kier molecular flexibility index (Phi) is 3.75. The Morgan fingerprint density at radius 1 is 1.00 bits per heavy atom. The third-order valence-electron chi connectivity index (χ3n) is 4.33. The molecule has 8 heteroatoms. The van der Waals surface area contributed by atoms with Gasteiger partial charge in [0, 0.05) is 24.0 Å². The fraction of sp³-hybridized carbons (Fsp3) is 0.0500. The summed E-state index contributed by atoms with van der Waals surface area (Å²) < 4.78 is 39.8. The molecule has 2 aliphatic rings. The van der Waals surface area contributed by atoms with Crippen molar-refractivity contribution in [2.24, 2.45) is 0 Å². The van der Waals surface area contributed by atoms with Gasteiger partial charge in [0.05, 0.1) is 30.3 Å². The number of nitrogens with zero attached hydrogens (tertiary/aromatic N) is 4. The third-order valence-corrected chi connectivity index (χ3v) is 4.33. The Balaban J connectivity index is 1.44. The van der Waals surface area contributed by atoms with Crippen molar-refractivity contribution in [3.05, 3.63) is 78.7 Å². The first-order chi connectivity index (χ1) is 13.7. The number of halogens is 2. The van der Waals surface area contributed by atoms with E-state index < -0.39 is 11.6 Å². The van der Waals surface area contributed by atoms with Gasteiger partial charge in [-0.25, -0.2) is 18.7 Å². The monoisotopic (exact) mass is 378 g/mol. The smallest absolute Gasteiger partial charge is 0.169 e. The van der Waals surface area contributed by atoms with Crippen LogP contribution < -0.4 is 0 Å². The molecular formula is C20H12F2N4O2. The summed E-state index contributed by atoms with van der Waals surface area (Å²) >= 11 is 0. The van der Waals surface area contributed by atoms with Crippen molar-refractivity contribution in [3.8, 4) is 34.0 Å². The number of rotatable bonds is 4. The Morgan fingerprint density at radius 2 is 1.89 bits per heavy atom. The van der Waals surface area contributed by atoms with Crippen LogP contribution in [-0.2, 0) is 6.54 Å². The number of furan rings is 1. The predicted molar refractivity (Wildman–Crippen MR) is 95.3 cm³/mol. The standard InChI is InChI=1S/C20H12F2N4O2/c21-15-3-1-2-14(19(15)22)20-23-16-4-6-26(10-18(16)24-20)9-13-8-17(25-28-13)12-5-7-27-11-12/h1-8,10-11H,9H2. The van der Waals surface area contributed by atoms with Gasteiger partial charge < -0.3 is 13.5 Å². The lowest BCUT2D eigenvalue weighted by molar-refractivity contribution is 0.378. The lowest BCUT2D eigenvalue weighted by Gasteiger charge is -2.04. The molecule has 6 nitrogen and oxygen atoms in total. The van der Waals surface area contributed by atoms with Crippen molar-refractivity contribution < 1.29 is 17.7 Å². The fourth-order valence-electron chi connectivity index (χ4n) is 2.96. The molecule has 2 aromatic heterocycles. The number of hydrogen-bond donors (Lipinski definition) is 0. The number of benzene rings is 1. The van der Waals surface area contributed by atoms with Gasteiger partial charge in [-0.05, 0) is 24.3 Å². The lowest BCUT2D eigenvalue weighted by Crippen LogP contribution is -1.99. The van der Waals surface area contributed by atoms with Gasteiger partial charge in [0.2, 0.25) is 0 Å². The Hall–Kier alpha value is -3.81. The third kappa shape index (κ3) is 2.84. The first kappa shape index (κ1) is 16.4. The molecule has 0 N–H and O–H groups in total. The average molecular weight is 378 g/mol. The van der Waals surface area contributed by atoms with Crippen LogP contribution in [0.25, 0.3) is 34.0 Å². The number of aromatic nitrogens is 4. The number of fused-ring (bicyclic) bond motifs is 1. The summed E-state index contributed by atoms with van der Waals surface area (Å²) in [4.78, 5) is 8.63. The molecule has 5 rings (SSSR count). The summed E-state index contributed by atoms with van der Waals surface area (Å²) in [5, 5.41) is 4.03. The first-order valence-electron chi connectivity index (χ1n) is 8.43. The van der Waals surface area contributed by atoms with Gasteiger partial charge in [-0.15, -0.1) is 0 Å². The maximum atomic E-state index is 14.0. The van der Waals surface area contributed by atoms with Crippen molar-refractivity contribution in [2.75, 3.05) is 0 Å². The van der Waals surface area contributed by atoms with E-state index in [1.807, 2.05) is 16.8 Å². The van der Waals surface area contributed by atoms with E-state index >= 15 is 0 Å². The van der Waals surface area contributed by atoms with Crippen molar-refractivity contribution in [1.82, 2.24) is 19.7 Å². The Labute approximate surface area is 157 Å². The molecule has 0 aliphatic carbocycles. The van der Waals surface area contributed by atoms with Crippen LogP contribution in [0.5, 0.6) is 0 Å². The maximum Gasteiger partial charge on any atom is 0.169 e. The second-order valence-corrected chi connectivity index (χ2v) is 6.23. The Bertz CT molecular complexity index is 1230. The van der Waals surface area contributed by atoms with Gasteiger partial charge in [0.15, 0.2) is 23.2 Å². The van der Waals surface area contributed by atoms with Gasteiger partial charge in [-0.3, -0.25) is 0 Å². The van der Waals surface area contributed by atoms with Crippen LogP contribution in [0.2, 0.25) is 0 Å². The lowest BCUT2D eigenvalue weighted by atomic mass is 10.2. The van der Waals surface area contributed by atoms with Crippen LogP contribution in [0.1, 0.15) is 5.76 Å². The van der Waals surface area contributed by atoms with Crippen LogP contribution in [0.4, 0.5) is 8.78 Å². The average Bonchev–Trinajstić information content (AvgIpc) is 3.43. The van der Waals surface area contributed by atoms with Crippen molar-refractivity contribution >= 4 is 0 Å². The molecule has 0 atom stereocenters. The molecular weight excluding hydrogens is 366 g/mol. The summed E-state index contributed by atoms with van der Waals surface area (Å²) in [6.45, 7) is 0.428. The molecule has 28 heavy (non-hydrogen) atoms. The van der Waals surface area contributed by atoms with Gasteiger partial charge >= 0.3 is 0 Å². The van der Waals surface area contributed by atoms with Gasteiger partial charge in [-0.1, -0.05) is 11.2 Å². The van der Waals surface area contributed by atoms with Crippen molar-refractivity contribution in [3.63, 3.8) is 0 Å². The molecule has 0 radical (unpaired) electrons. The molecule has 0 unspecified atom stereocenters. The molecule has 2 aliphatic heterocycles. The molecule has 1 aromatic carbocycles. The minimum Gasteiger partial charge on any atom is -0.472 e. The minimum absolute atomic E-state index is 0.0303. The zero-order chi connectivity index (χ0) is 19.1. The summed E-state index contributed by atoms with van der Waals surface area (Å²) in [7, 11) is 0. The van der Waals surface area contributed by atoms with Crippen molar-refractivity contribution in [2.45, 2.75) is 6.54 Å². The summed E-state index contributed by atoms with van der Waals surface area (Å²) in [5.74, 6) is -1.09. The summed E-state index contributed by atoms with van der Waals surface area (Å²) in [6.07, 6.45) is 6.73. The van der Waals surface area contributed by atoms with Crippen LogP contribution in [0.3, 0.4) is 0 Å². The quantitative estimate of drug-likeness (QED) is 0.456. The molecule has 0 amide bonds. The fourth-order valence-corrected chi connectivity index (χ4v) is 2.96. The molecule has 3 aromatic rings. The van der Waals surface area contributed by atoms with Gasteiger partial charge in [-0.2, -0.15) is 0 Å². The van der Waals surface area contributed by atoms with E-state index in [1.165, 1.54) is 12.1 Å². The van der Waals surface area contributed by atoms with E-state index in [0.717, 1.165) is 11.6 Å². The topological polar surface area (TPSA) is 69.9 Å². The second kappa shape index (κ2) is 6.41. The maximum absolute atomic E-state index is 14.0. The van der Waals surface area contributed by atoms with Crippen molar-refractivity contribution in [1.29, 1.82) is 0 Å². The number of imidazole rings is 1. The molecule has 0 spiro atoms. The van der Waals surface area contributed by atoms with E-state index in [1.54, 1.807) is 30.9 Å². The predicted octanol–water partition coefficient (Wildman–Crippen LogP) is 4.62. The van der Waals surface area contributed by atoms with Gasteiger partial charge in [0.25, 0.3) is 0 Å². The van der Waals surface area contributed by atoms with E-state index in [2.05, 4.69) is 15.1 Å². The van der Waals surface area contributed by atoms with E-state index in [-0.39, 0.29) is 11.4 Å². The molecule has 138 valence electrons. The summed E-state index contributed by atoms with van der Waals surface area (Å²) in [5.41, 5.74) is 2.70. The van der Waals surface area contributed by atoms with Gasteiger partial charge in [0.1, 0.15) is 11.4 Å². The van der Waals surface area contributed by atoms with Crippen LogP contribution >= 0.6 is 0 Å². The molecule has 0 saturated heterocycles. The Morgan fingerprint density at radius 3 is 2.75 bits per heavy atom. The van der Waals surface area contributed by atoms with E-state index in [0.29, 0.717) is 29.4 Å². The molecule has 0 fully saturated rings. The normalized spacial score (nSPS) is 11.4. The van der Waals surface area contributed by atoms with Crippen LogP contribution in [0.15, 0.2) is 70.3 Å². The number of pyridine rings is 1. The van der Waals surface area contributed by atoms with E-state index in [9.17, 15) is 8.78 Å². The molecule has 0 saturated carbocycles. The highest BCUT2D eigenvalue weighted by atomic mass is 19.2. The van der Waals surface area contributed by atoms with E-state index in [4.69, 9.17) is 8.94 Å². The minimum atomic E-state index is -0.959. The summed E-state index contributed by atoms with van der Waals surface area (Å²) in [6, 6.07) is 9.32. The highest BCUT2D eigenvalue weighted by Gasteiger charge is 2.18. The highest BCUT2D eigenvalue weighted by Crippen LogP contribution is 2.27. The van der Waals surface area contributed by atoms with Crippen LogP contribution in [-0.4, -0.2) is 19.7 Å². The highest BCUT2D eigenvalue weighted by molar-refractivity contribution is 5.66. The molecule has 4 heterocycles. The SMILES string of the molecule is Fc1cccc(-c2nc3ccn(Cc4cc(-c5ccoc5)no4)cc-3n2)c1F. The first-order valence-corrected chi connectivity index (χ1v) is 8.43. The molecule has 0 bridgehead atoms. The second-order valence-electron chi connectivity index (χ2n) is 6.23. The largest absolute Gasteiger partial charge is 0.472 e. The number of hydrogen-bond acceptors (Lipinski definition) is 5. The van der Waals surface area contributed by atoms with Crippen LogP contribution in [0, 0.1) is 11.6 Å². The zero-order valence-corrected chi connectivity index (χ0v) is 14.3.